The second kappa shape index (κ2) is 7.60. The van der Waals surface area contributed by atoms with Crippen LogP contribution in [0.3, 0.4) is 0 Å². The third kappa shape index (κ3) is 4.13. The van der Waals surface area contributed by atoms with Gasteiger partial charge in [0, 0.05) is 5.02 Å². The summed E-state index contributed by atoms with van der Waals surface area (Å²) in [5.74, 6) is 0.240. The van der Waals surface area contributed by atoms with Crippen LogP contribution in [0, 0.1) is 0 Å². The summed E-state index contributed by atoms with van der Waals surface area (Å²) in [7, 11) is 0. The average molecular weight is 445 g/mol. The minimum atomic E-state index is -0.698. The average Bonchev–Trinajstić information content (AvgIpc) is 3.20. The predicted molar refractivity (Wildman–Crippen MR) is 101 cm³/mol. The SMILES string of the molecule is CC(Oc1ccc(Cl)cc1Br)C(=O)Nc1nnc(-c2cccs2)s1. The van der Waals surface area contributed by atoms with E-state index in [9.17, 15) is 4.79 Å². The van der Waals surface area contributed by atoms with Crippen molar-refractivity contribution in [3.63, 3.8) is 0 Å². The van der Waals surface area contributed by atoms with Crippen molar-refractivity contribution in [1.29, 1.82) is 0 Å². The zero-order valence-electron chi connectivity index (χ0n) is 12.3. The lowest BCUT2D eigenvalue weighted by molar-refractivity contribution is -0.122. The Labute approximate surface area is 159 Å². The van der Waals surface area contributed by atoms with Crippen molar-refractivity contribution in [3.8, 4) is 15.6 Å². The van der Waals surface area contributed by atoms with Crippen molar-refractivity contribution in [2.45, 2.75) is 13.0 Å². The minimum absolute atomic E-state index is 0.300. The van der Waals surface area contributed by atoms with Crippen LogP contribution < -0.4 is 10.1 Å². The van der Waals surface area contributed by atoms with Gasteiger partial charge in [-0.1, -0.05) is 29.0 Å². The third-order valence-electron chi connectivity index (χ3n) is 2.95. The lowest BCUT2D eigenvalue weighted by Crippen LogP contribution is -2.30. The summed E-state index contributed by atoms with van der Waals surface area (Å²) in [6, 6.07) is 9.01. The van der Waals surface area contributed by atoms with E-state index in [0.717, 1.165) is 9.88 Å². The Morgan fingerprint density at radius 1 is 1.38 bits per heavy atom. The highest BCUT2D eigenvalue weighted by atomic mass is 79.9. The number of thiophene rings is 1. The summed E-state index contributed by atoms with van der Waals surface area (Å²) in [6.07, 6.45) is -0.698. The van der Waals surface area contributed by atoms with Gasteiger partial charge in [-0.3, -0.25) is 10.1 Å². The highest BCUT2D eigenvalue weighted by molar-refractivity contribution is 9.10. The number of rotatable bonds is 5. The molecule has 1 aromatic carbocycles. The Bertz CT molecular complexity index is 854. The topological polar surface area (TPSA) is 64.1 Å². The standard InChI is InChI=1S/C15H11BrClN3O2S2/c1-8(22-11-5-4-9(17)7-10(11)16)13(21)18-15-20-19-14(24-15)12-3-2-6-23-12/h2-8H,1H3,(H,18,20,21). The molecule has 3 rings (SSSR count). The molecule has 3 aromatic rings. The molecule has 1 amide bonds. The smallest absolute Gasteiger partial charge is 0.266 e. The second-order valence-corrected chi connectivity index (χ2v) is 7.93. The summed E-state index contributed by atoms with van der Waals surface area (Å²) in [5, 5.41) is 14.6. The molecule has 0 saturated heterocycles. The fourth-order valence-electron chi connectivity index (χ4n) is 1.80. The first kappa shape index (κ1) is 17.3. The Morgan fingerprint density at radius 3 is 2.92 bits per heavy atom. The Morgan fingerprint density at radius 2 is 2.21 bits per heavy atom. The number of carbonyl (C=O) groups is 1. The van der Waals surface area contributed by atoms with Gasteiger partial charge >= 0.3 is 0 Å². The molecule has 5 nitrogen and oxygen atoms in total. The minimum Gasteiger partial charge on any atom is -0.480 e. The van der Waals surface area contributed by atoms with E-state index in [1.165, 1.54) is 11.3 Å². The molecule has 0 bridgehead atoms. The van der Waals surface area contributed by atoms with E-state index in [4.69, 9.17) is 16.3 Å². The maximum absolute atomic E-state index is 12.3. The molecule has 0 aliphatic carbocycles. The maximum atomic E-state index is 12.3. The molecule has 0 saturated carbocycles. The zero-order valence-corrected chi connectivity index (χ0v) is 16.3. The van der Waals surface area contributed by atoms with Crippen molar-refractivity contribution in [3.05, 3.63) is 45.2 Å². The number of benzene rings is 1. The number of amides is 1. The number of halogens is 2. The fourth-order valence-corrected chi connectivity index (χ4v) is 4.11. The van der Waals surface area contributed by atoms with Crippen LogP contribution in [0.15, 0.2) is 40.2 Å². The van der Waals surface area contributed by atoms with E-state index in [-0.39, 0.29) is 5.91 Å². The van der Waals surface area contributed by atoms with Crippen molar-refractivity contribution in [2.24, 2.45) is 0 Å². The first-order chi connectivity index (χ1) is 11.5. The van der Waals surface area contributed by atoms with Crippen LogP contribution in [0.1, 0.15) is 6.92 Å². The molecule has 1 atom stereocenters. The lowest BCUT2D eigenvalue weighted by atomic mass is 10.3. The van der Waals surface area contributed by atoms with Crippen molar-refractivity contribution in [2.75, 3.05) is 5.32 Å². The summed E-state index contributed by atoms with van der Waals surface area (Å²) in [4.78, 5) is 13.3. The fraction of sp³-hybridized carbons (Fsp3) is 0.133. The highest BCUT2D eigenvalue weighted by Crippen LogP contribution is 2.31. The Hall–Kier alpha value is -1.48. The summed E-state index contributed by atoms with van der Waals surface area (Å²) in [5.41, 5.74) is 0. The van der Waals surface area contributed by atoms with Gasteiger partial charge in [-0.2, -0.15) is 0 Å². The van der Waals surface area contributed by atoms with Crippen LogP contribution >= 0.6 is 50.2 Å². The van der Waals surface area contributed by atoms with E-state index >= 15 is 0 Å². The van der Waals surface area contributed by atoms with Gasteiger partial charge in [0.2, 0.25) is 5.13 Å². The van der Waals surface area contributed by atoms with Gasteiger partial charge in [-0.15, -0.1) is 21.5 Å². The second-order valence-electron chi connectivity index (χ2n) is 4.71. The van der Waals surface area contributed by atoms with Crippen LogP contribution in [-0.2, 0) is 4.79 Å². The predicted octanol–water partition coefficient (Wildman–Crippen LogP) is 5.09. The molecular weight excluding hydrogens is 434 g/mol. The van der Waals surface area contributed by atoms with Crippen LogP contribution in [0.2, 0.25) is 5.02 Å². The van der Waals surface area contributed by atoms with Crippen LogP contribution in [0.5, 0.6) is 5.75 Å². The molecule has 2 heterocycles. The van der Waals surface area contributed by atoms with Gasteiger partial charge in [0.1, 0.15) is 5.75 Å². The molecule has 0 fully saturated rings. The van der Waals surface area contributed by atoms with Gasteiger partial charge in [0.15, 0.2) is 11.1 Å². The molecule has 2 aromatic heterocycles. The quantitative estimate of drug-likeness (QED) is 0.595. The molecule has 124 valence electrons. The normalized spacial score (nSPS) is 12.0. The van der Waals surface area contributed by atoms with Gasteiger partial charge in [0.25, 0.3) is 5.91 Å². The van der Waals surface area contributed by atoms with Gasteiger partial charge in [-0.25, -0.2) is 0 Å². The number of hydrogen-bond acceptors (Lipinski definition) is 6. The van der Waals surface area contributed by atoms with E-state index in [0.29, 0.717) is 20.4 Å². The molecule has 24 heavy (non-hydrogen) atoms. The van der Waals surface area contributed by atoms with E-state index in [1.54, 1.807) is 36.5 Å². The van der Waals surface area contributed by atoms with Crippen LogP contribution in [0.4, 0.5) is 5.13 Å². The number of ether oxygens (including phenoxy) is 1. The van der Waals surface area contributed by atoms with Crippen LogP contribution in [0.25, 0.3) is 9.88 Å². The van der Waals surface area contributed by atoms with Crippen molar-refractivity contribution < 1.29 is 9.53 Å². The number of aromatic nitrogens is 2. The van der Waals surface area contributed by atoms with Gasteiger partial charge in [0.05, 0.1) is 9.35 Å². The molecule has 0 radical (unpaired) electrons. The molecule has 9 heteroatoms. The largest absolute Gasteiger partial charge is 0.480 e. The Balaban J connectivity index is 1.64. The Kier molecular flexibility index (Phi) is 5.50. The number of nitrogens with one attached hydrogen (secondary N) is 1. The summed E-state index contributed by atoms with van der Waals surface area (Å²) in [6.45, 7) is 1.66. The first-order valence-corrected chi connectivity index (χ1v) is 9.69. The van der Waals surface area contributed by atoms with Crippen molar-refractivity contribution >= 4 is 61.2 Å². The maximum Gasteiger partial charge on any atom is 0.266 e. The summed E-state index contributed by atoms with van der Waals surface area (Å²) >= 11 is 12.1. The summed E-state index contributed by atoms with van der Waals surface area (Å²) < 4.78 is 6.34. The molecule has 0 spiro atoms. The van der Waals surface area contributed by atoms with Gasteiger partial charge < -0.3 is 4.74 Å². The molecule has 1 N–H and O–H groups in total. The zero-order chi connectivity index (χ0) is 17.1. The van der Waals surface area contributed by atoms with E-state index in [1.807, 2.05) is 17.5 Å². The number of carbonyl (C=O) groups excluding carboxylic acids is 1. The molecule has 0 aliphatic rings. The lowest BCUT2D eigenvalue weighted by Gasteiger charge is -2.14. The number of nitrogens with zero attached hydrogens (tertiary/aromatic N) is 2. The van der Waals surface area contributed by atoms with Gasteiger partial charge in [-0.05, 0) is 52.5 Å². The number of anilines is 1. The van der Waals surface area contributed by atoms with Crippen molar-refractivity contribution in [1.82, 2.24) is 10.2 Å². The van der Waals surface area contributed by atoms with E-state index < -0.39 is 6.10 Å². The number of hydrogen-bond donors (Lipinski definition) is 1. The third-order valence-corrected chi connectivity index (χ3v) is 5.69. The first-order valence-electron chi connectivity index (χ1n) is 6.83. The molecule has 0 aliphatic heterocycles. The molecule has 1 unspecified atom stereocenters. The monoisotopic (exact) mass is 443 g/mol. The highest BCUT2D eigenvalue weighted by Gasteiger charge is 2.18. The molecular formula is C15H11BrClN3O2S2. The van der Waals surface area contributed by atoms with E-state index in [2.05, 4.69) is 31.4 Å². The van der Waals surface area contributed by atoms with Crippen LogP contribution in [-0.4, -0.2) is 22.2 Å².